The Morgan fingerprint density at radius 2 is 1.77 bits per heavy atom. The van der Waals surface area contributed by atoms with Crippen molar-refractivity contribution in [1.82, 2.24) is 9.80 Å². The molecule has 0 radical (unpaired) electrons. The largest absolute Gasteiger partial charge is 0.366 e. The summed E-state index contributed by atoms with van der Waals surface area (Å²) in [7, 11) is 0. The number of para-hydroxylation sites is 1. The molecule has 1 aliphatic heterocycles. The van der Waals surface area contributed by atoms with Gasteiger partial charge in [0.15, 0.2) is 0 Å². The molecule has 0 bridgehead atoms. The maximum absolute atomic E-state index is 12.3. The van der Waals surface area contributed by atoms with Gasteiger partial charge in [-0.25, -0.2) is 0 Å². The number of benzene rings is 1. The molecule has 3 amide bonds. The van der Waals surface area contributed by atoms with Crippen LogP contribution in [-0.2, 0) is 4.79 Å². The van der Waals surface area contributed by atoms with Crippen molar-refractivity contribution < 1.29 is 14.4 Å². The van der Waals surface area contributed by atoms with Crippen LogP contribution in [0.25, 0.3) is 0 Å². The number of hydrogen-bond acceptors (Lipinski definition) is 5. The second kappa shape index (κ2) is 8.11. The van der Waals surface area contributed by atoms with Crippen molar-refractivity contribution in [3.8, 4) is 0 Å². The van der Waals surface area contributed by atoms with E-state index in [4.69, 9.17) is 5.73 Å². The molecule has 0 unspecified atom stereocenters. The first-order valence-corrected chi connectivity index (χ1v) is 9.16. The number of anilines is 1. The highest BCUT2D eigenvalue weighted by molar-refractivity contribution is 7.12. The van der Waals surface area contributed by atoms with Crippen molar-refractivity contribution >= 4 is 34.7 Å². The maximum Gasteiger partial charge on any atom is 0.264 e. The fraction of sp³-hybridized carbons (Fsp3) is 0.278. The highest BCUT2D eigenvalue weighted by Crippen LogP contribution is 2.15. The maximum atomic E-state index is 12.3. The van der Waals surface area contributed by atoms with Gasteiger partial charge in [0, 0.05) is 26.2 Å². The van der Waals surface area contributed by atoms with Crippen LogP contribution in [-0.4, -0.2) is 60.2 Å². The molecule has 0 saturated carbocycles. The van der Waals surface area contributed by atoms with E-state index in [1.807, 2.05) is 27.3 Å². The zero-order valence-corrected chi connectivity index (χ0v) is 15.0. The molecule has 8 heteroatoms. The normalized spacial score (nSPS) is 14.8. The molecule has 3 rings (SSSR count). The molecule has 7 nitrogen and oxygen atoms in total. The molecular formula is C18H20N4O3S. The number of rotatable bonds is 5. The summed E-state index contributed by atoms with van der Waals surface area (Å²) in [6.07, 6.45) is 0. The molecule has 1 saturated heterocycles. The smallest absolute Gasteiger partial charge is 0.264 e. The molecule has 0 atom stereocenters. The number of amides is 3. The fourth-order valence-corrected chi connectivity index (χ4v) is 3.56. The first-order chi connectivity index (χ1) is 12.5. The van der Waals surface area contributed by atoms with Gasteiger partial charge in [-0.2, -0.15) is 0 Å². The summed E-state index contributed by atoms with van der Waals surface area (Å²) in [5.74, 6) is -0.752. The predicted molar refractivity (Wildman–Crippen MR) is 100 cm³/mol. The Hall–Kier alpha value is -2.71. The van der Waals surface area contributed by atoms with Crippen molar-refractivity contribution in [2.24, 2.45) is 5.73 Å². The summed E-state index contributed by atoms with van der Waals surface area (Å²) in [6.45, 7) is 2.63. The summed E-state index contributed by atoms with van der Waals surface area (Å²) >= 11 is 1.43. The average Bonchev–Trinajstić information content (AvgIpc) is 3.16. The van der Waals surface area contributed by atoms with Crippen LogP contribution in [0.15, 0.2) is 41.8 Å². The first-order valence-electron chi connectivity index (χ1n) is 8.28. The molecule has 3 N–H and O–H groups in total. The van der Waals surface area contributed by atoms with Crippen LogP contribution in [0.5, 0.6) is 0 Å². The van der Waals surface area contributed by atoms with Crippen LogP contribution < -0.4 is 11.1 Å². The summed E-state index contributed by atoms with van der Waals surface area (Å²) in [6, 6.07) is 10.3. The molecule has 1 aliphatic rings. The Bertz CT molecular complexity index is 799. The van der Waals surface area contributed by atoms with E-state index in [9.17, 15) is 14.4 Å². The lowest BCUT2D eigenvalue weighted by molar-refractivity contribution is -0.117. The van der Waals surface area contributed by atoms with Crippen molar-refractivity contribution in [1.29, 1.82) is 0 Å². The summed E-state index contributed by atoms with van der Waals surface area (Å²) in [4.78, 5) is 40.5. The molecule has 1 fully saturated rings. The van der Waals surface area contributed by atoms with Crippen LogP contribution in [0.1, 0.15) is 20.0 Å². The van der Waals surface area contributed by atoms with Gasteiger partial charge in [-0.3, -0.25) is 19.3 Å². The van der Waals surface area contributed by atoms with Gasteiger partial charge in [-0.15, -0.1) is 11.3 Å². The number of nitrogens with two attached hydrogens (primary N) is 1. The van der Waals surface area contributed by atoms with E-state index < -0.39 is 5.91 Å². The van der Waals surface area contributed by atoms with E-state index in [0.717, 1.165) is 4.88 Å². The lowest BCUT2D eigenvalue weighted by Gasteiger charge is -2.34. The van der Waals surface area contributed by atoms with E-state index >= 15 is 0 Å². The highest BCUT2D eigenvalue weighted by Gasteiger charge is 2.24. The molecular weight excluding hydrogens is 352 g/mol. The summed E-state index contributed by atoms with van der Waals surface area (Å²) in [5, 5.41) is 4.62. The van der Waals surface area contributed by atoms with E-state index in [2.05, 4.69) is 5.32 Å². The summed E-state index contributed by atoms with van der Waals surface area (Å²) < 4.78 is 0. The fourth-order valence-electron chi connectivity index (χ4n) is 2.86. The van der Waals surface area contributed by atoms with E-state index in [1.165, 1.54) is 11.3 Å². The molecule has 2 aromatic rings. The molecule has 136 valence electrons. The number of piperazine rings is 1. The van der Waals surface area contributed by atoms with E-state index in [1.54, 1.807) is 24.3 Å². The molecule has 26 heavy (non-hydrogen) atoms. The third-order valence-electron chi connectivity index (χ3n) is 4.23. The van der Waals surface area contributed by atoms with Gasteiger partial charge in [0.2, 0.25) is 5.91 Å². The second-order valence-electron chi connectivity index (χ2n) is 6.00. The number of primary amides is 1. The minimum absolute atomic E-state index is 0.0412. The minimum Gasteiger partial charge on any atom is -0.366 e. The zero-order valence-electron chi connectivity index (χ0n) is 14.2. The highest BCUT2D eigenvalue weighted by atomic mass is 32.1. The average molecular weight is 372 g/mol. The van der Waals surface area contributed by atoms with Gasteiger partial charge in [0.05, 0.1) is 22.7 Å². The third kappa shape index (κ3) is 4.27. The third-order valence-corrected chi connectivity index (χ3v) is 5.08. The SMILES string of the molecule is NC(=O)c1ccccc1NC(=O)CN1CCN(C(=O)c2cccs2)CC1. The topological polar surface area (TPSA) is 95.7 Å². The van der Waals surface area contributed by atoms with Gasteiger partial charge in [-0.1, -0.05) is 18.2 Å². The van der Waals surface area contributed by atoms with Gasteiger partial charge >= 0.3 is 0 Å². The predicted octanol–water partition coefficient (Wildman–Crippen LogP) is 1.24. The molecule has 1 aromatic carbocycles. The monoisotopic (exact) mass is 372 g/mol. The summed E-state index contributed by atoms with van der Waals surface area (Å²) in [5.41, 5.74) is 6.02. The van der Waals surface area contributed by atoms with Crippen LogP contribution in [0, 0.1) is 0 Å². The first kappa shape index (κ1) is 18.1. The number of nitrogens with one attached hydrogen (secondary N) is 1. The van der Waals surface area contributed by atoms with Crippen LogP contribution in [0.3, 0.4) is 0 Å². The second-order valence-corrected chi connectivity index (χ2v) is 6.95. The number of thiophene rings is 1. The van der Waals surface area contributed by atoms with Crippen LogP contribution >= 0.6 is 11.3 Å². The lowest BCUT2D eigenvalue weighted by Crippen LogP contribution is -2.50. The zero-order chi connectivity index (χ0) is 18.5. The molecule has 1 aromatic heterocycles. The van der Waals surface area contributed by atoms with Gasteiger partial charge < -0.3 is 16.0 Å². The quantitative estimate of drug-likeness (QED) is 0.825. The van der Waals surface area contributed by atoms with Gasteiger partial charge in [0.1, 0.15) is 0 Å². The minimum atomic E-state index is -0.582. The van der Waals surface area contributed by atoms with Crippen LogP contribution in [0.2, 0.25) is 0 Å². The Balaban J connectivity index is 1.51. The number of carbonyl (C=O) groups is 3. The Labute approximate surface area is 155 Å². The Morgan fingerprint density at radius 3 is 2.42 bits per heavy atom. The van der Waals surface area contributed by atoms with Crippen molar-refractivity contribution in [2.75, 3.05) is 38.0 Å². The van der Waals surface area contributed by atoms with Crippen molar-refractivity contribution in [3.63, 3.8) is 0 Å². The van der Waals surface area contributed by atoms with Gasteiger partial charge in [0.25, 0.3) is 11.8 Å². The number of carbonyl (C=O) groups excluding carboxylic acids is 3. The standard InChI is InChI=1S/C18H20N4O3S/c19-17(24)13-4-1-2-5-14(13)20-16(23)12-21-7-9-22(10-8-21)18(25)15-6-3-11-26-15/h1-6,11H,7-10,12H2,(H2,19,24)(H,20,23). The number of hydrogen-bond donors (Lipinski definition) is 2. The Morgan fingerprint density at radius 1 is 1.04 bits per heavy atom. The molecule has 0 aliphatic carbocycles. The van der Waals surface area contributed by atoms with Gasteiger partial charge in [-0.05, 0) is 23.6 Å². The van der Waals surface area contributed by atoms with Crippen molar-refractivity contribution in [3.05, 3.63) is 52.2 Å². The lowest BCUT2D eigenvalue weighted by atomic mass is 10.1. The number of nitrogens with zero attached hydrogens (tertiary/aromatic N) is 2. The van der Waals surface area contributed by atoms with E-state index in [-0.39, 0.29) is 23.9 Å². The Kier molecular flexibility index (Phi) is 5.65. The molecule has 0 spiro atoms. The van der Waals surface area contributed by atoms with Crippen LogP contribution in [0.4, 0.5) is 5.69 Å². The van der Waals surface area contributed by atoms with Crippen molar-refractivity contribution in [2.45, 2.75) is 0 Å². The van der Waals surface area contributed by atoms with E-state index in [0.29, 0.717) is 31.9 Å². The molecule has 2 heterocycles.